The van der Waals surface area contributed by atoms with E-state index >= 15 is 0 Å². The van der Waals surface area contributed by atoms with Crippen molar-refractivity contribution in [2.24, 2.45) is 0 Å². The van der Waals surface area contributed by atoms with Crippen molar-refractivity contribution in [3.05, 3.63) is 24.3 Å². The molecule has 0 saturated carbocycles. The number of unbranched alkanes of at least 4 members (excludes halogenated alkanes) is 20. The summed E-state index contributed by atoms with van der Waals surface area (Å²) in [4.78, 5) is 42.6. The van der Waals surface area contributed by atoms with Gasteiger partial charge in [0.2, 0.25) is 0 Å². The minimum atomic E-state index is -4.75. The van der Waals surface area contributed by atoms with Crippen molar-refractivity contribution in [2.75, 3.05) is 13.2 Å². The Hall–Kier alpha value is -1.47. The third-order valence-corrected chi connectivity index (χ3v) is 8.44. The molecule has 0 amide bonds. The zero-order valence-electron chi connectivity index (χ0n) is 29.5. The summed E-state index contributed by atoms with van der Waals surface area (Å²) in [7, 11) is -4.75. The predicted octanol–water partition coefficient (Wildman–Crippen LogP) is 10.8. The lowest BCUT2D eigenvalue weighted by Crippen LogP contribution is -2.29. The lowest BCUT2D eigenvalue weighted by Gasteiger charge is -2.18. The molecule has 0 aromatic rings. The van der Waals surface area contributed by atoms with E-state index in [1.165, 1.54) is 83.5 Å². The maximum Gasteiger partial charge on any atom is 0.469 e. The number of allylic oxidation sites excluding steroid dienone is 4. The van der Waals surface area contributed by atoms with Crippen LogP contribution in [-0.4, -0.2) is 41.0 Å². The van der Waals surface area contributed by atoms with Gasteiger partial charge in [-0.3, -0.25) is 14.1 Å². The molecule has 0 heterocycles. The van der Waals surface area contributed by atoms with Crippen LogP contribution in [0.15, 0.2) is 24.3 Å². The summed E-state index contributed by atoms with van der Waals surface area (Å²) in [6.45, 7) is 3.60. The van der Waals surface area contributed by atoms with Gasteiger partial charge in [0.25, 0.3) is 0 Å². The predicted molar refractivity (Wildman–Crippen MR) is 189 cm³/mol. The molecule has 0 saturated heterocycles. The van der Waals surface area contributed by atoms with E-state index in [0.717, 1.165) is 64.2 Å². The van der Waals surface area contributed by atoms with Gasteiger partial charge in [0.15, 0.2) is 6.10 Å². The largest absolute Gasteiger partial charge is 0.469 e. The first-order chi connectivity index (χ1) is 22.3. The minimum Gasteiger partial charge on any atom is -0.462 e. The first-order valence-corrected chi connectivity index (χ1v) is 20.2. The van der Waals surface area contributed by atoms with Crippen molar-refractivity contribution in [1.82, 2.24) is 0 Å². The summed E-state index contributed by atoms with van der Waals surface area (Å²) in [5.41, 5.74) is 0. The molecule has 0 fully saturated rings. The van der Waals surface area contributed by atoms with Gasteiger partial charge in [-0.2, -0.15) is 0 Å². The number of rotatable bonds is 34. The fraction of sp³-hybridized carbons (Fsp3) is 0.838. The SMILES string of the molecule is CCC/C=C\C/C=C\CCCCCCCC(=O)OC(COC(=O)CCCCCCCCCCCCCCCCC)COP(=O)(O)O. The van der Waals surface area contributed by atoms with Gasteiger partial charge in [-0.05, 0) is 38.5 Å². The van der Waals surface area contributed by atoms with E-state index in [-0.39, 0.29) is 19.4 Å². The Bertz CT molecular complexity index is 807. The average Bonchev–Trinajstić information content (AvgIpc) is 3.02. The fourth-order valence-electron chi connectivity index (χ4n) is 5.18. The zero-order chi connectivity index (χ0) is 34.0. The minimum absolute atomic E-state index is 0.198. The van der Waals surface area contributed by atoms with Gasteiger partial charge in [0.05, 0.1) is 6.61 Å². The fourth-order valence-corrected chi connectivity index (χ4v) is 5.54. The lowest BCUT2D eigenvalue weighted by molar-refractivity contribution is -0.161. The smallest absolute Gasteiger partial charge is 0.462 e. The maximum absolute atomic E-state index is 12.3. The molecule has 270 valence electrons. The molecule has 0 spiro atoms. The monoisotopic (exact) mass is 672 g/mol. The van der Waals surface area contributed by atoms with E-state index in [1.807, 2.05) is 0 Å². The van der Waals surface area contributed by atoms with Gasteiger partial charge in [-0.15, -0.1) is 0 Å². The summed E-state index contributed by atoms with van der Waals surface area (Å²) < 4.78 is 26.3. The standard InChI is InChI=1S/C37H69O8P/c1-3-5-7-9-11-13-15-17-18-20-21-23-25-27-29-31-36(38)43-33-35(34-44-46(40,41)42)45-37(39)32-30-28-26-24-22-19-16-14-12-10-8-6-4-2/h8,10,14,16,35H,3-7,9,11-13,15,17-34H2,1-2H3,(H2,40,41,42)/b10-8-,16-14-. The molecule has 1 atom stereocenters. The highest BCUT2D eigenvalue weighted by Crippen LogP contribution is 2.36. The van der Waals surface area contributed by atoms with Crippen molar-refractivity contribution in [1.29, 1.82) is 0 Å². The Kier molecular flexibility index (Phi) is 32.4. The highest BCUT2D eigenvalue weighted by atomic mass is 31.2. The van der Waals surface area contributed by atoms with E-state index in [4.69, 9.17) is 19.3 Å². The Labute approximate surface area is 281 Å². The molecule has 2 N–H and O–H groups in total. The molecular weight excluding hydrogens is 603 g/mol. The number of carbonyl (C=O) groups is 2. The third-order valence-electron chi connectivity index (χ3n) is 7.95. The van der Waals surface area contributed by atoms with Crippen molar-refractivity contribution in [3.63, 3.8) is 0 Å². The van der Waals surface area contributed by atoms with Crippen LogP contribution < -0.4 is 0 Å². The van der Waals surface area contributed by atoms with Crippen LogP contribution in [0.3, 0.4) is 0 Å². The highest BCUT2D eigenvalue weighted by molar-refractivity contribution is 7.46. The van der Waals surface area contributed by atoms with Crippen LogP contribution in [0.25, 0.3) is 0 Å². The lowest BCUT2D eigenvalue weighted by atomic mass is 10.0. The second kappa shape index (κ2) is 33.4. The molecule has 0 aliphatic carbocycles. The first kappa shape index (κ1) is 44.5. The van der Waals surface area contributed by atoms with E-state index in [9.17, 15) is 14.2 Å². The number of esters is 2. The first-order valence-electron chi connectivity index (χ1n) is 18.6. The van der Waals surface area contributed by atoms with Crippen molar-refractivity contribution >= 4 is 19.8 Å². The second-order valence-electron chi connectivity index (χ2n) is 12.6. The molecule has 0 aromatic carbocycles. The number of hydrogen-bond acceptors (Lipinski definition) is 6. The molecule has 0 bridgehead atoms. The number of hydrogen-bond donors (Lipinski definition) is 2. The van der Waals surface area contributed by atoms with Crippen molar-refractivity contribution in [3.8, 4) is 0 Å². The van der Waals surface area contributed by atoms with Gasteiger partial charge in [-0.1, -0.05) is 154 Å². The summed E-state index contributed by atoms with van der Waals surface area (Å²) in [6.07, 6.45) is 36.1. The second-order valence-corrected chi connectivity index (χ2v) is 13.8. The Morgan fingerprint density at radius 2 is 1.02 bits per heavy atom. The normalized spacial score (nSPS) is 12.7. The number of ether oxygens (including phenoxy) is 2. The Balaban J connectivity index is 3.96. The summed E-state index contributed by atoms with van der Waals surface area (Å²) in [5.74, 6) is -0.897. The van der Waals surface area contributed by atoms with Gasteiger partial charge in [0.1, 0.15) is 6.61 Å². The summed E-state index contributed by atoms with van der Waals surface area (Å²) >= 11 is 0. The topological polar surface area (TPSA) is 119 Å². The molecule has 0 aliphatic rings. The summed E-state index contributed by atoms with van der Waals surface area (Å²) in [5, 5.41) is 0. The third kappa shape index (κ3) is 35.4. The van der Waals surface area contributed by atoms with Gasteiger partial charge >= 0.3 is 19.8 Å². The molecule has 0 radical (unpaired) electrons. The molecule has 46 heavy (non-hydrogen) atoms. The quantitative estimate of drug-likeness (QED) is 0.0300. The van der Waals surface area contributed by atoms with E-state index in [2.05, 4.69) is 42.7 Å². The summed E-state index contributed by atoms with van der Waals surface area (Å²) in [6, 6.07) is 0. The van der Waals surface area contributed by atoms with E-state index in [0.29, 0.717) is 6.42 Å². The number of phosphoric acid groups is 1. The van der Waals surface area contributed by atoms with Crippen molar-refractivity contribution in [2.45, 2.75) is 187 Å². The molecule has 9 heteroatoms. The molecule has 0 aromatic heterocycles. The molecule has 8 nitrogen and oxygen atoms in total. The molecule has 0 aliphatic heterocycles. The number of phosphoric ester groups is 1. The van der Waals surface area contributed by atoms with Crippen LogP contribution in [-0.2, 0) is 28.2 Å². The number of carbonyl (C=O) groups excluding carboxylic acids is 2. The van der Waals surface area contributed by atoms with Gasteiger partial charge in [-0.25, -0.2) is 4.57 Å². The van der Waals surface area contributed by atoms with Gasteiger partial charge in [0, 0.05) is 12.8 Å². The van der Waals surface area contributed by atoms with Crippen LogP contribution >= 0.6 is 7.82 Å². The van der Waals surface area contributed by atoms with Crippen molar-refractivity contribution < 1.29 is 37.9 Å². The van der Waals surface area contributed by atoms with E-state index in [1.54, 1.807) is 0 Å². The van der Waals surface area contributed by atoms with E-state index < -0.39 is 32.5 Å². The Morgan fingerprint density at radius 3 is 1.52 bits per heavy atom. The highest BCUT2D eigenvalue weighted by Gasteiger charge is 2.22. The molecule has 1 unspecified atom stereocenters. The van der Waals surface area contributed by atoms with Crippen LogP contribution in [0.1, 0.15) is 181 Å². The average molecular weight is 673 g/mol. The maximum atomic E-state index is 12.3. The molecule has 0 rings (SSSR count). The van der Waals surface area contributed by atoms with Crippen LogP contribution in [0.2, 0.25) is 0 Å². The zero-order valence-corrected chi connectivity index (χ0v) is 30.4. The van der Waals surface area contributed by atoms with Gasteiger partial charge < -0.3 is 19.3 Å². The van der Waals surface area contributed by atoms with Crippen LogP contribution in [0, 0.1) is 0 Å². The van der Waals surface area contributed by atoms with Crippen LogP contribution in [0.5, 0.6) is 0 Å². The Morgan fingerprint density at radius 1 is 0.565 bits per heavy atom. The van der Waals surface area contributed by atoms with Crippen LogP contribution in [0.4, 0.5) is 0 Å². The molecular formula is C37H69O8P.